The third kappa shape index (κ3) is 5.44. The first-order valence-electron chi connectivity index (χ1n) is 8.91. The number of alkyl halides is 3. The highest BCUT2D eigenvalue weighted by Gasteiger charge is 2.38. The van der Waals surface area contributed by atoms with Crippen molar-refractivity contribution >= 4 is 21.9 Å². The van der Waals surface area contributed by atoms with Gasteiger partial charge in [-0.1, -0.05) is 0 Å². The maximum atomic E-state index is 12.1. The summed E-state index contributed by atoms with van der Waals surface area (Å²) < 4.78 is 60.5. The molecule has 30 heavy (non-hydrogen) atoms. The summed E-state index contributed by atoms with van der Waals surface area (Å²) in [5.41, 5.74) is 1.03. The lowest BCUT2D eigenvalue weighted by atomic mass is 10.2. The van der Waals surface area contributed by atoms with Gasteiger partial charge >= 0.3 is 12.1 Å². The molecule has 1 atom stereocenters. The summed E-state index contributed by atoms with van der Waals surface area (Å²) in [7, 11) is -3.20. The first-order chi connectivity index (χ1) is 14.1. The van der Waals surface area contributed by atoms with Gasteiger partial charge < -0.3 is 10.0 Å². The number of aromatic nitrogens is 4. The Bertz CT molecular complexity index is 978. The van der Waals surface area contributed by atoms with Crippen molar-refractivity contribution in [3.8, 4) is 0 Å². The molecule has 1 saturated carbocycles. The van der Waals surface area contributed by atoms with Crippen LogP contribution in [0, 0.1) is 0 Å². The summed E-state index contributed by atoms with van der Waals surface area (Å²) in [5, 5.41) is 11.3. The molecule has 0 radical (unpaired) electrons. The van der Waals surface area contributed by atoms with Crippen LogP contribution in [0.1, 0.15) is 24.6 Å². The fourth-order valence-corrected chi connectivity index (χ4v) is 4.27. The Labute approximate surface area is 169 Å². The zero-order valence-corrected chi connectivity index (χ0v) is 16.3. The Morgan fingerprint density at radius 3 is 2.43 bits per heavy atom. The Morgan fingerprint density at radius 1 is 1.23 bits per heavy atom. The van der Waals surface area contributed by atoms with Gasteiger partial charge in [-0.05, 0) is 25.0 Å². The molecule has 0 spiro atoms. The zero-order chi connectivity index (χ0) is 21.9. The van der Waals surface area contributed by atoms with E-state index >= 15 is 0 Å². The van der Waals surface area contributed by atoms with E-state index in [0.29, 0.717) is 25.6 Å². The molecule has 10 nitrogen and oxygen atoms in total. The van der Waals surface area contributed by atoms with Crippen LogP contribution in [0.3, 0.4) is 0 Å². The molecule has 2 N–H and O–H groups in total. The summed E-state index contributed by atoms with van der Waals surface area (Å²) in [4.78, 5) is 19.5. The molecule has 164 valence electrons. The highest BCUT2D eigenvalue weighted by molar-refractivity contribution is 7.90. The van der Waals surface area contributed by atoms with Crippen LogP contribution >= 0.6 is 0 Å². The van der Waals surface area contributed by atoms with E-state index in [1.54, 1.807) is 24.7 Å². The molecule has 0 aromatic carbocycles. The van der Waals surface area contributed by atoms with Crippen LogP contribution in [0.2, 0.25) is 0 Å². The van der Waals surface area contributed by atoms with Gasteiger partial charge in [0.1, 0.15) is 0 Å². The van der Waals surface area contributed by atoms with Gasteiger partial charge in [-0.25, -0.2) is 27.9 Å². The van der Waals surface area contributed by atoms with Gasteiger partial charge in [-0.15, -0.1) is 0 Å². The number of nitrogens with zero attached hydrogens (tertiary/aromatic N) is 5. The molecule has 1 aliphatic heterocycles. The molecule has 1 aliphatic carbocycles. The molecule has 14 heteroatoms. The second kappa shape index (κ2) is 8.55. The van der Waals surface area contributed by atoms with Gasteiger partial charge in [0.25, 0.3) is 0 Å². The van der Waals surface area contributed by atoms with Crippen LogP contribution in [0.25, 0.3) is 0 Å². The van der Waals surface area contributed by atoms with E-state index in [-0.39, 0.29) is 11.3 Å². The lowest BCUT2D eigenvalue weighted by Gasteiger charge is -2.33. The number of sulfonamides is 1. The van der Waals surface area contributed by atoms with Crippen molar-refractivity contribution in [1.82, 2.24) is 24.5 Å². The van der Waals surface area contributed by atoms with Crippen molar-refractivity contribution in [2.24, 2.45) is 0 Å². The molecule has 0 saturated heterocycles. The van der Waals surface area contributed by atoms with Crippen molar-refractivity contribution in [3.05, 3.63) is 36.4 Å². The number of fused-ring (bicyclic) bond motifs is 1. The lowest BCUT2D eigenvalue weighted by Crippen LogP contribution is -2.44. The summed E-state index contributed by atoms with van der Waals surface area (Å²) in [5.74, 6) is -2.11. The maximum Gasteiger partial charge on any atom is 0.490 e. The number of anilines is 1. The molecular weight excluding hydrogens is 429 g/mol. The molecule has 2 aromatic heterocycles. The average Bonchev–Trinajstić information content (AvgIpc) is 3.45. The number of carbonyl (C=O) groups is 1. The standard InChI is InChI=1S/C14H18N6O2S.C2HF3O2/c21-23(22,13-2-3-13)18-8-12-10-19(14-15-5-1-6-16-14)9-11-4-7-17-20(11)12;3-2(4,5)1(6)7/h1,4-7,12-13,18H,2-3,8-10H2;(H,6,7). The number of halogens is 3. The lowest BCUT2D eigenvalue weighted by molar-refractivity contribution is -0.192. The number of nitrogens with one attached hydrogen (secondary N) is 1. The first kappa shape index (κ1) is 22.0. The van der Waals surface area contributed by atoms with E-state index in [2.05, 4.69) is 19.8 Å². The fraction of sp³-hybridized carbons (Fsp3) is 0.500. The summed E-state index contributed by atoms with van der Waals surface area (Å²) in [6.45, 7) is 1.61. The fourth-order valence-electron chi connectivity index (χ4n) is 2.85. The Kier molecular flexibility index (Phi) is 6.26. The number of rotatable bonds is 5. The molecule has 1 unspecified atom stereocenters. The van der Waals surface area contributed by atoms with Crippen LogP contribution in [0.4, 0.5) is 19.1 Å². The normalized spacial score (nSPS) is 18.9. The van der Waals surface area contributed by atoms with E-state index in [1.165, 1.54) is 0 Å². The van der Waals surface area contributed by atoms with E-state index in [1.807, 2.05) is 15.6 Å². The second-order valence-corrected chi connectivity index (χ2v) is 8.79. The molecule has 3 heterocycles. The molecule has 2 aromatic rings. The quantitative estimate of drug-likeness (QED) is 0.692. The highest BCUT2D eigenvalue weighted by Crippen LogP contribution is 2.28. The smallest absolute Gasteiger partial charge is 0.475 e. The van der Waals surface area contributed by atoms with Gasteiger partial charge in [0.05, 0.1) is 23.5 Å². The van der Waals surface area contributed by atoms with Crippen molar-refractivity contribution in [2.75, 3.05) is 18.0 Å². The van der Waals surface area contributed by atoms with Crippen molar-refractivity contribution in [2.45, 2.75) is 36.9 Å². The van der Waals surface area contributed by atoms with E-state index in [4.69, 9.17) is 9.90 Å². The summed E-state index contributed by atoms with van der Waals surface area (Å²) in [6, 6.07) is 3.64. The predicted molar refractivity (Wildman–Crippen MR) is 98.0 cm³/mol. The molecule has 4 rings (SSSR count). The van der Waals surface area contributed by atoms with Crippen LogP contribution < -0.4 is 9.62 Å². The van der Waals surface area contributed by atoms with Crippen molar-refractivity contribution in [1.29, 1.82) is 0 Å². The van der Waals surface area contributed by atoms with Crippen LogP contribution in [0.5, 0.6) is 0 Å². The number of aliphatic carboxylic acids is 1. The van der Waals surface area contributed by atoms with Gasteiger partial charge in [0.15, 0.2) is 0 Å². The van der Waals surface area contributed by atoms with Crippen molar-refractivity contribution in [3.63, 3.8) is 0 Å². The van der Waals surface area contributed by atoms with Gasteiger partial charge in [0, 0.05) is 31.7 Å². The van der Waals surface area contributed by atoms with E-state index in [9.17, 15) is 21.6 Å². The van der Waals surface area contributed by atoms with Crippen molar-refractivity contribution < 1.29 is 31.5 Å². The van der Waals surface area contributed by atoms with Crippen LogP contribution in [0.15, 0.2) is 30.7 Å². The van der Waals surface area contributed by atoms with Gasteiger partial charge in [-0.3, -0.25) is 4.68 Å². The molecule has 0 amide bonds. The summed E-state index contributed by atoms with van der Waals surface area (Å²) >= 11 is 0. The molecule has 1 fully saturated rings. The predicted octanol–water partition coefficient (Wildman–Crippen LogP) is 0.949. The minimum atomic E-state index is -5.08. The second-order valence-electron chi connectivity index (χ2n) is 6.75. The number of carboxylic acids is 1. The molecule has 2 aliphatic rings. The highest BCUT2D eigenvalue weighted by atomic mass is 32.2. The monoisotopic (exact) mass is 448 g/mol. The number of carboxylic acid groups (broad SMARTS) is 1. The Morgan fingerprint density at radius 2 is 1.87 bits per heavy atom. The third-order valence-corrected chi connectivity index (χ3v) is 6.36. The summed E-state index contributed by atoms with van der Waals surface area (Å²) in [6.07, 6.45) is 1.60. The topological polar surface area (TPSA) is 130 Å². The minimum absolute atomic E-state index is 0.0777. The van der Waals surface area contributed by atoms with Gasteiger partial charge in [0.2, 0.25) is 16.0 Å². The van der Waals surface area contributed by atoms with E-state index in [0.717, 1.165) is 18.5 Å². The zero-order valence-electron chi connectivity index (χ0n) is 15.5. The first-order valence-corrected chi connectivity index (χ1v) is 10.5. The molecule has 0 bridgehead atoms. The Hall–Kier alpha value is -2.74. The van der Waals surface area contributed by atoms with Crippen LogP contribution in [-0.4, -0.2) is 63.8 Å². The maximum absolute atomic E-state index is 12.1. The minimum Gasteiger partial charge on any atom is -0.475 e. The average molecular weight is 448 g/mol. The van der Waals surface area contributed by atoms with Crippen LogP contribution in [-0.2, 0) is 21.4 Å². The molecular formula is C16H19F3N6O4S. The Balaban J connectivity index is 0.000000318. The number of hydrogen-bond acceptors (Lipinski definition) is 7. The number of hydrogen-bond donors (Lipinski definition) is 2. The van der Waals surface area contributed by atoms with Gasteiger partial charge in [-0.2, -0.15) is 18.3 Å². The third-order valence-electron chi connectivity index (χ3n) is 4.44. The van der Waals surface area contributed by atoms with E-state index < -0.39 is 22.2 Å². The SMILES string of the molecule is O=C(O)C(F)(F)F.O=S(=O)(NCC1CN(c2ncccn2)Cc2ccnn21)C1CC1. The largest absolute Gasteiger partial charge is 0.490 e.